The molecule has 2 rings (SSSR count). The molecule has 2 N–H and O–H groups in total. The maximum atomic E-state index is 6.07. The molecular weight excluding hydrogens is 250 g/mol. The van der Waals surface area contributed by atoms with E-state index in [9.17, 15) is 0 Å². The number of methoxy groups -OCH3 is 1. The summed E-state index contributed by atoms with van der Waals surface area (Å²) < 4.78 is 11.2. The van der Waals surface area contributed by atoms with Crippen LogP contribution in [0.25, 0.3) is 0 Å². The third-order valence-electron chi connectivity index (χ3n) is 3.17. The Hall–Kier alpha value is -2.00. The van der Waals surface area contributed by atoms with E-state index in [1.807, 2.05) is 43.3 Å². The minimum Gasteiger partial charge on any atom is -0.497 e. The summed E-state index contributed by atoms with van der Waals surface area (Å²) in [5.74, 6) is 1.60. The van der Waals surface area contributed by atoms with E-state index < -0.39 is 0 Å². The molecule has 0 saturated carbocycles. The van der Waals surface area contributed by atoms with Gasteiger partial charge in [0.1, 0.15) is 17.6 Å². The zero-order valence-electron chi connectivity index (χ0n) is 12.2. The van der Waals surface area contributed by atoms with Crippen molar-refractivity contribution in [2.24, 2.45) is 5.73 Å². The topological polar surface area (TPSA) is 44.5 Å². The fourth-order valence-electron chi connectivity index (χ4n) is 2.13. The van der Waals surface area contributed by atoms with Crippen molar-refractivity contribution in [3.63, 3.8) is 0 Å². The second-order valence-corrected chi connectivity index (χ2v) is 4.99. The molecule has 2 aromatic carbocycles. The summed E-state index contributed by atoms with van der Waals surface area (Å²) in [4.78, 5) is 0. The number of nitrogens with two attached hydrogens (primary N) is 1. The van der Waals surface area contributed by atoms with E-state index in [4.69, 9.17) is 15.2 Å². The molecule has 0 radical (unpaired) electrons. The molecule has 0 spiro atoms. The van der Waals surface area contributed by atoms with Gasteiger partial charge in [-0.25, -0.2) is 0 Å². The summed E-state index contributed by atoms with van der Waals surface area (Å²) >= 11 is 0. The number of benzene rings is 2. The Morgan fingerprint density at radius 1 is 1.00 bits per heavy atom. The van der Waals surface area contributed by atoms with Crippen LogP contribution < -0.4 is 15.2 Å². The molecule has 0 fully saturated rings. The van der Waals surface area contributed by atoms with Crippen molar-refractivity contribution in [1.29, 1.82) is 0 Å². The van der Waals surface area contributed by atoms with Crippen molar-refractivity contribution in [2.45, 2.75) is 26.0 Å². The Labute approximate surface area is 120 Å². The number of hydrogen-bond donors (Lipinski definition) is 1. The predicted molar refractivity (Wildman–Crippen MR) is 81.2 cm³/mol. The fourth-order valence-corrected chi connectivity index (χ4v) is 2.13. The van der Waals surface area contributed by atoms with Crippen LogP contribution in [0.2, 0.25) is 0 Å². The van der Waals surface area contributed by atoms with E-state index in [0.717, 1.165) is 17.1 Å². The Bertz CT molecular complexity index is 549. The molecule has 0 saturated heterocycles. The molecule has 3 heteroatoms. The van der Waals surface area contributed by atoms with Crippen LogP contribution in [0.4, 0.5) is 0 Å². The van der Waals surface area contributed by atoms with E-state index in [1.54, 1.807) is 7.11 Å². The first kappa shape index (κ1) is 14.4. The van der Waals surface area contributed by atoms with Crippen LogP contribution >= 0.6 is 0 Å². The summed E-state index contributed by atoms with van der Waals surface area (Å²) in [5.41, 5.74) is 8.37. The van der Waals surface area contributed by atoms with Crippen LogP contribution in [0.5, 0.6) is 11.5 Å². The van der Waals surface area contributed by atoms with Crippen LogP contribution in [0.15, 0.2) is 48.5 Å². The van der Waals surface area contributed by atoms with Crippen molar-refractivity contribution < 1.29 is 9.47 Å². The zero-order valence-corrected chi connectivity index (χ0v) is 12.2. The highest BCUT2D eigenvalue weighted by atomic mass is 16.5. The van der Waals surface area contributed by atoms with Crippen LogP contribution in [-0.2, 0) is 0 Å². The van der Waals surface area contributed by atoms with Crippen LogP contribution in [0.1, 0.15) is 24.2 Å². The number of rotatable bonds is 5. The lowest BCUT2D eigenvalue weighted by molar-refractivity contribution is 0.180. The quantitative estimate of drug-likeness (QED) is 0.905. The van der Waals surface area contributed by atoms with Crippen molar-refractivity contribution in [3.8, 4) is 11.5 Å². The van der Waals surface area contributed by atoms with E-state index in [0.29, 0.717) is 0 Å². The summed E-state index contributed by atoms with van der Waals surface area (Å²) in [5, 5.41) is 0. The fraction of sp³-hybridized carbons (Fsp3) is 0.294. The number of hydrogen-bond acceptors (Lipinski definition) is 3. The monoisotopic (exact) mass is 271 g/mol. The minimum atomic E-state index is -0.164. The largest absolute Gasteiger partial charge is 0.497 e. The first-order chi connectivity index (χ1) is 9.60. The molecule has 0 aliphatic carbocycles. The van der Waals surface area contributed by atoms with Gasteiger partial charge in [-0.05, 0) is 43.7 Å². The second kappa shape index (κ2) is 6.44. The Morgan fingerprint density at radius 2 is 1.65 bits per heavy atom. The first-order valence-corrected chi connectivity index (χ1v) is 6.73. The molecule has 106 valence electrons. The highest BCUT2D eigenvalue weighted by Crippen LogP contribution is 2.26. The lowest BCUT2D eigenvalue weighted by Gasteiger charge is -2.23. The normalized spacial score (nSPS) is 13.6. The molecular formula is C17H21NO2. The highest BCUT2D eigenvalue weighted by Gasteiger charge is 2.18. The maximum absolute atomic E-state index is 6.07. The van der Waals surface area contributed by atoms with Crippen LogP contribution in [0.3, 0.4) is 0 Å². The summed E-state index contributed by atoms with van der Waals surface area (Å²) in [6, 6.07) is 15.7. The molecule has 20 heavy (non-hydrogen) atoms. The van der Waals surface area contributed by atoms with Gasteiger partial charge in [0.2, 0.25) is 0 Å². The van der Waals surface area contributed by atoms with Gasteiger partial charge in [0.25, 0.3) is 0 Å². The molecule has 2 aromatic rings. The van der Waals surface area contributed by atoms with Crippen molar-refractivity contribution in [2.75, 3.05) is 7.11 Å². The highest BCUT2D eigenvalue weighted by molar-refractivity contribution is 5.33. The van der Waals surface area contributed by atoms with Gasteiger partial charge in [0.05, 0.1) is 7.11 Å². The summed E-state index contributed by atoms with van der Waals surface area (Å²) in [6.45, 7) is 4.02. The standard InChI is InChI=1S/C17H21NO2/c1-12-5-4-6-14(11-12)17(13(2)18)20-16-9-7-15(19-3)8-10-16/h4-11,13,17H,18H2,1-3H3. The van der Waals surface area contributed by atoms with Crippen molar-refractivity contribution in [1.82, 2.24) is 0 Å². The van der Waals surface area contributed by atoms with E-state index >= 15 is 0 Å². The van der Waals surface area contributed by atoms with Crippen LogP contribution in [-0.4, -0.2) is 13.2 Å². The van der Waals surface area contributed by atoms with Crippen molar-refractivity contribution >= 4 is 0 Å². The number of ether oxygens (including phenoxy) is 2. The number of aryl methyl sites for hydroxylation is 1. The van der Waals surface area contributed by atoms with E-state index in [-0.39, 0.29) is 12.1 Å². The van der Waals surface area contributed by atoms with E-state index in [2.05, 4.69) is 19.1 Å². The predicted octanol–water partition coefficient (Wildman–Crippen LogP) is 3.47. The summed E-state index contributed by atoms with van der Waals surface area (Å²) in [6.07, 6.45) is -0.164. The summed E-state index contributed by atoms with van der Waals surface area (Å²) in [7, 11) is 1.65. The third-order valence-corrected chi connectivity index (χ3v) is 3.17. The van der Waals surface area contributed by atoms with Gasteiger partial charge < -0.3 is 15.2 Å². The van der Waals surface area contributed by atoms with E-state index in [1.165, 1.54) is 5.56 Å². The smallest absolute Gasteiger partial charge is 0.138 e. The lowest BCUT2D eigenvalue weighted by Crippen LogP contribution is -2.29. The van der Waals surface area contributed by atoms with Gasteiger partial charge in [0, 0.05) is 6.04 Å². The van der Waals surface area contributed by atoms with Gasteiger partial charge in [-0.2, -0.15) is 0 Å². The SMILES string of the molecule is COc1ccc(OC(c2cccc(C)c2)C(C)N)cc1. The molecule has 0 aliphatic rings. The van der Waals surface area contributed by atoms with Crippen LogP contribution in [0, 0.1) is 6.92 Å². The molecule has 2 atom stereocenters. The Morgan fingerprint density at radius 3 is 2.20 bits per heavy atom. The molecule has 0 heterocycles. The van der Waals surface area contributed by atoms with Gasteiger partial charge >= 0.3 is 0 Å². The molecule has 2 unspecified atom stereocenters. The van der Waals surface area contributed by atoms with Crippen molar-refractivity contribution in [3.05, 3.63) is 59.7 Å². The molecule has 0 aliphatic heterocycles. The van der Waals surface area contributed by atoms with Gasteiger partial charge in [-0.1, -0.05) is 29.8 Å². The Balaban J connectivity index is 2.21. The van der Waals surface area contributed by atoms with Gasteiger partial charge in [0.15, 0.2) is 0 Å². The third kappa shape index (κ3) is 3.52. The Kier molecular flexibility index (Phi) is 4.64. The first-order valence-electron chi connectivity index (χ1n) is 6.73. The minimum absolute atomic E-state index is 0.0982. The average molecular weight is 271 g/mol. The molecule has 0 amide bonds. The van der Waals surface area contributed by atoms with Gasteiger partial charge in [-0.3, -0.25) is 0 Å². The maximum Gasteiger partial charge on any atom is 0.138 e. The molecule has 0 bridgehead atoms. The zero-order chi connectivity index (χ0) is 14.5. The molecule has 0 aromatic heterocycles. The second-order valence-electron chi connectivity index (χ2n) is 4.99. The van der Waals surface area contributed by atoms with Gasteiger partial charge in [-0.15, -0.1) is 0 Å². The molecule has 3 nitrogen and oxygen atoms in total. The average Bonchev–Trinajstić information content (AvgIpc) is 2.45. The lowest BCUT2D eigenvalue weighted by atomic mass is 10.0.